The van der Waals surface area contributed by atoms with Crippen LogP contribution in [-0.2, 0) is 0 Å². The lowest BCUT2D eigenvalue weighted by Crippen LogP contribution is -2.42. The van der Waals surface area contributed by atoms with Gasteiger partial charge in [0.2, 0.25) is 0 Å². The van der Waals surface area contributed by atoms with Crippen LogP contribution in [0, 0.1) is 0 Å². The van der Waals surface area contributed by atoms with Crippen LogP contribution in [0.15, 0.2) is 22.9 Å². The Morgan fingerprint density at radius 2 is 2.22 bits per heavy atom. The smallest absolute Gasteiger partial charge is 0.255 e. The normalized spacial score (nSPS) is 21.7. The molecule has 2 heterocycles. The van der Waals surface area contributed by atoms with Crippen molar-refractivity contribution in [3.8, 4) is 0 Å². The summed E-state index contributed by atoms with van der Waals surface area (Å²) in [6, 6.07) is 2.07. The number of rotatable bonds is 1. The molecular weight excluding hydrogens is 294 g/mol. The molecule has 0 bridgehead atoms. The lowest BCUT2D eigenvalue weighted by Gasteiger charge is -2.28. The third-order valence-corrected chi connectivity index (χ3v) is 3.69. The molecule has 0 saturated carbocycles. The molecule has 0 radical (unpaired) electrons. The second-order valence-electron chi connectivity index (χ2n) is 4.86. The average molecular weight is 312 g/mol. The molecule has 18 heavy (non-hydrogen) atoms. The van der Waals surface area contributed by atoms with Gasteiger partial charge in [-0.25, -0.2) is 0 Å². The van der Waals surface area contributed by atoms with Crippen LogP contribution in [0.25, 0.3) is 0 Å². The number of aromatic nitrogens is 1. The van der Waals surface area contributed by atoms with Gasteiger partial charge < -0.3 is 9.80 Å². The molecular formula is C13H18BrN3O. The Balaban J connectivity index is 2.17. The monoisotopic (exact) mass is 311 g/mol. The van der Waals surface area contributed by atoms with E-state index in [1.807, 2.05) is 11.0 Å². The van der Waals surface area contributed by atoms with Gasteiger partial charge in [0.1, 0.15) is 0 Å². The predicted molar refractivity (Wildman–Crippen MR) is 74.5 cm³/mol. The summed E-state index contributed by atoms with van der Waals surface area (Å²) in [6.07, 6.45) is 4.35. The van der Waals surface area contributed by atoms with Crippen molar-refractivity contribution in [1.29, 1.82) is 0 Å². The highest BCUT2D eigenvalue weighted by molar-refractivity contribution is 9.10. The van der Waals surface area contributed by atoms with E-state index >= 15 is 0 Å². The van der Waals surface area contributed by atoms with Crippen molar-refractivity contribution in [2.24, 2.45) is 0 Å². The van der Waals surface area contributed by atoms with E-state index in [1.54, 1.807) is 12.4 Å². The Kier molecular flexibility index (Phi) is 4.35. The Bertz CT molecular complexity index is 438. The van der Waals surface area contributed by atoms with Gasteiger partial charge in [-0.05, 0) is 48.9 Å². The van der Waals surface area contributed by atoms with Crippen LogP contribution in [-0.4, -0.2) is 53.4 Å². The summed E-state index contributed by atoms with van der Waals surface area (Å²) in [4.78, 5) is 20.8. The summed E-state index contributed by atoms with van der Waals surface area (Å²) in [5, 5.41) is 0. The highest BCUT2D eigenvalue weighted by Gasteiger charge is 2.25. The number of carbonyl (C=O) groups excluding carboxylic acids is 1. The molecule has 0 aromatic carbocycles. The highest BCUT2D eigenvalue weighted by Crippen LogP contribution is 2.15. The number of nitrogens with zero attached hydrogens (tertiary/aromatic N) is 3. The molecule has 1 aromatic heterocycles. The molecule has 0 spiro atoms. The van der Waals surface area contributed by atoms with Crippen molar-refractivity contribution in [1.82, 2.24) is 14.8 Å². The van der Waals surface area contributed by atoms with Crippen molar-refractivity contribution < 1.29 is 4.79 Å². The zero-order valence-corrected chi connectivity index (χ0v) is 12.4. The first kappa shape index (κ1) is 13.5. The van der Waals surface area contributed by atoms with Crippen molar-refractivity contribution in [2.75, 3.05) is 26.7 Å². The number of hydrogen-bond donors (Lipinski definition) is 0. The fourth-order valence-electron chi connectivity index (χ4n) is 2.37. The maximum atomic E-state index is 12.5. The third-order valence-electron chi connectivity index (χ3n) is 3.26. The lowest BCUT2D eigenvalue weighted by molar-refractivity contribution is 0.0696. The van der Waals surface area contributed by atoms with Crippen molar-refractivity contribution in [2.45, 2.75) is 19.4 Å². The number of hydrogen-bond acceptors (Lipinski definition) is 3. The summed E-state index contributed by atoms with van der Waals surface area (Å²) in [6.45, 7) is 4.89. The SMILES string of the molecule is CC1CN(C)CCCN1C(=O)c1cncc(Br)c1. The van der Waals surface area contributed by atoms with Crippen LogP contribution in [0.3, 0.4) is 0 Å². The standard InChI is InChI=1S/C13H18BrN3O/c1-10-9-16(2)4-3-5-17(10)13(18)11-6-12(14)8-15-7-11/h6-8,10H,3-5,9H2,1-2H3. The summed E-state index contributed by atoms with van der Waals surface area (Å²) >= 11 is 3.35. The minimum Gasteiger partial charge on any atom is -0.335 e. The molecule has 98 valence electrons. The van der Waals surface area contributed by atoms with Crippen molar-refractivity contribution >= 4 is 21.8 Å². The highest BCUT2D eigenvalue weighted by atomic mass is 79.9. The number of likely N-dealkylation sites (N-methyl/N-ethyl adjacent to an activating group) is 1. The van der Waals surface area contributed by atoms with Gasteiger partial charge in [0, 0.05) is 36.0 Å². The lowest BCUT2D eigenvalue weighted by atomic mass is 10.2. The summed E-state index contributed by atoms with van der Waals surface area (Å²) in [7, 11) is 2.10. The maximum absolute atomic E-state index is 12.5. The second-order valence-corrected chi connectivity index (χ2v) is 5.77. The van der Waals surface area contributed by atoms with E-state index < -0.39 is 0 Å². The molecule has 1 atom stereocenters. The largest absolute Gasteiger partial charge is 0.335 e. The molecule has 4 nitrogen and oxygen atoms in total. The van der Waals surface area contributed by atoms with Gasteiger partial charge in [0.15, 0.2) is 0 Å². The topological polar surface area (TPSA) is 36.4 Å². The Labute approximate surface area is 116 Å². The van der Waals surface area contributed by atoms with E-state index in [4.69, 9.17) is 0 Å². The predicted octanol–water partition coefficient (Wildman–Crippen LogP) is 2.01. The third kappa shape index (κ3) is 3.09. The van der Waals surface area contributed by atoms with Crippen LogP contribution in [0.2, 0.25) is 0 Å². The van der Waals surface area contributed by atoms with Crippen molar-refractivity contribution in [3.05, 3.63) is 28.5 Å². The van der Waals surface area contributed by atoms with Gasteiger partial charge >= 0.3 is 0 Å². The fraction of sp³-hybridized carbons (Fsp3) is 0.538. The number of amides is 1. The van der Waals surface area contributed by atoms with E-state index in [-0.39, 0.29) is 11.9 Å². The molecule has 2 rings (SSSR count). The molecule has 1 saturated heterocycles. The van der Waals surface area contributed by atoms with Gasteiger partial charge in [-0.15, -0.1) is 0 Å². The molecule has 1 amide bonds. The molecule has 1 unspecified atom stereocenters. The van der Waals surface area contributed by atoms with Crippen LogP contribution < -0.4 is 0 Å². The first-order valence-electron chi connectivity index (χ1n) is 6.18. The first-order chi connectivity index (χ1) is 8.58. The summed E-state index contributed by atoms with van der Waals surface area (Å²) in [5.74, 6) is 0.0756. The van der Waals surface area contributed by atoms with Crippen LogP contribution in [0.1, 0.15) is 23.7 Å². The van der Waals surface area contributed by atoms with Gasteiger partial charge in [0.05, 0.1) is 5.56 Å². The molecule has 1 aliphatic heterocycles. The minimum atomic E-state index is 0.0756. The number of pyridine rings is 1. The molecule has 1 aromatic rings. The molecule has 1 aliphatic rings. The average Bonchev–Trinajstić information content (AvgIpc) is 2.49. The number of carbonyl (C=O) groups is 1. The van der Waals surface area contributed by atoms with E-state index in [9.17, 15) is 4.79 Å². The van der Waals surface area contributed by atoms with Gasteiger partial charge in [-0.3, -0.25) is 9.78 Å². The number of halogens is 1. The van der Waals surface area contributed by atoms with Crippen molar-refractivity contribution in [3.63, 3.8) is 0 Å². The fourth-order valence-corrected chi connectivity index (χ4v) is 2.73. The molecule has 0 N–H and O–H groups in total. The summed E-state index contributed by atoms with van der Waals surface area (Å²) in [5.41, 5.74) is 0.653. The van der Waals surface area contributed by atoms with Crippen LogP contribution in [0.5, 0.6) is 0 Å². The Morgan fingerprint density at radius 3 is 2.94 bits per heavy atom. The molecule has 1 fully saturated rings. The molecule has 0 aliphatic carbocycles. The zero-order chi connectivity index (χ0) is 13.1. The van der Waals surface area contributed by atoms with E-state index in [1.165, 1.54) is 0 Å². The van der Waals surface area contributed by atoms with Gasteiger partial charge in [0.25, 0.3) is 5.91 Å². The maximum Gasteiger partial charge on any atom is 0.255 e. The van der Waals surface area contributed by atoms with E-state index in [0.29, 0.717) is 5.56 Å². The van der Waals surface area contributed by atoms with E-state index in [0.717, 1.165) is 30.5 Å². The van der Waals surface area contributed by atoms with Crippen LogP contribution >= 0.6 is 15.9 Å². The van der Waals surface area contributed by atoms with Crippen LogP contribution in [0.4, 0.5) is 0 Å². The minimum absolute atomic E-state index is 0.0756. The first-order valence-corrected chi connectivity index (χ1v) is 6.97. The summed E-state index contributed by atoms with van der Waals surface area (Å²) < 4.78 is 0.841. The zero-order valence-electron chi connectivity index (χ0n) is 10.8. The Hall–Kier alpha value is -0.940. The quantitative estimate of drug-likeness (QED) is 0.796. The molecule has 5 heteroatoms. The van der Waals surface area contributed by atoms with Gasteiger partial charge in [-0.1, -0.05) is 0 Å². The van der Waals surface area contributed by atoms with E-state index in [2.05, 4.69) is 39.8 Å². The second kappa shape index (κ2) is 5.80. The van der Waals surface area contributed by atoms with Gasteiger partial charge in [-0.2, -0.15) is 0 Å². The Morgan fingerprint density at radius 1 is 1.44 bits per heavy atom.